The molecular formula is C18H18ClN4O2+. The maximum absolute atomic E-state index is 12.0. The van der Waals surface area contributed by atoms with E-state index in [4.69, 9.17) is 16.1 Å². The van der Waals surface area contributed by atoms with Crippen LogP contribution in [0.3, 0.4) is 0 Å². The molecule has 0 radical (unpaired) electrons. The fourth-order valence-electron chi connectivity index (χ4n) is 2.38. The molecule has 0 aliphatic rings. The average Bonchev–Trinajstić information content (AvgIpc) is 3.06. The Labute approximate surface area is 150 Å². The Morgan fingerprint density at radius 3 is 2.60 bits per heavy atom. The zero-order chi connectivity index (χ0) is 17.6. The van der Waals surface area contributed by atoms with Crippen molar-refractivity contribution in [3.8, 4) is 0 Å². The molecule has 0 fully saturated rings. The highest BCUT2D eigenvalue weighted by Gasteiger charge is 2.21. The molecule has 3 rings (SSSR count). The lowest BCUT2D eigenvalue weighted by Gasteiger charge is -2.04. The van der Waals surface area contributed by atoms with Crippen molar-refractivity contribution < 1.29 is 14.0 Å². The Bertz CT molecular complexity index is 834. The fourth-order valence-corrected chi connectivity index (χ4v) is 2.50. The molecule has 0 spiro atoms. The number of anilines is 2. The summed E-state index contributed by atoms with van der Waals surface area (Å²) in [6.45, 7) is 2.03. The van der Waals surface area contributed by atoms with Crippen molar-refractivity contribution in [2.24, 2.45) is 0 Å². The third kappa shape index (κ3) is 4.81. The van der Waals surface area contributed by atoms with E-state index in [0.717, 1.165) is 6.42 Å². The van der Waals surface area contributed by atoms with Gasteiger partial charge in [-0.1, -0.05) is 41.9 Å². The minimum absolute atomic E-state index is 0.0982. The maximum atomic E-state index is 12.0. The molecule has 0 aliphatic carbocycles. The smallest absolute Gasteiger partial charge is 0.308 e. The van der Waals surface area contributed by atoms with Gasteiger partial charge in [-0.3, -0.25) is 9.84 Å². The Morgan fingerprint density at radius 1 is 1.16 bits per heavy atom. The lowest BCUT2D eigenvalue weighted by atomic mass is 10.1. The molecule has 1 unspecified atom stereocenters. The summed E-state index contributed by atoms with van der Waals surface area (Å²) >= 11 is 5.81. The molecule has 2 amide bonds. The quantitative estimate of drug-likeness (QED) is 0.676. The molecule has 0 aliphatic heterocycles. The summed E-state index contributed by atoms with van der Waals surface area (Å²) in [4.78, 5) is 12.0. The zero-order valence-electron chi connectivity index (χ0n) is 13.6. The third-order valence-electron chi connectivity index (χ3n) is 3.65. The van der Waals surface area contributed by atoms with Crippen LogP contribution in [0.1, 0.15) is 18.5 Å². The van der Waals surface area contributed by atoms with E-state index < -0.39 is 6.03 Å². The SMILES string of the molecule is CC(Cc1ccccc1)[n+]1cc(NC(=O)Nc2ccc(Cl)cc2)on1. The standard InChI is InChI=1S/C18H17ClN4O2/c1-13(11-14-5-3-2-4-6-14)23-12-17(25-22-23)21-18(24)20-16-9-7-15(19)8-10-16/h2-10,12-13H,11H2,1H3,(H-,20,21,22,24)/p+1. The Kier molecular flexibility index (Phi) is 5.30. The number of benzene rings is 2. The maximum Gasteiger partial charge on any atom is 0.326 e. The molecule has 1 aromatic heterocycles. The summed E-state index contributed by atoms with van der Waals surface area (Å²) in [7, 11) is 0. The molecule has 0 saturated carbocycles. The van der Waals surface area contributed by atoms with Gasteiger partial charge in [-0.25, -0.2) is 4.79 Å². The number of aromatic nitrogens is 2. The second-order valence-electron chi connectivity index (χ2n) is 5.67. The van der Waals surface area contributed by atoms with Crippen LogP contribution in [-0.2, 0) is 6.42 Å². The molecule has 128 valence electrons. The first kappa shape index (κ1) is 17.0. The number of carbonyl (C=O) groups excluding carboxylic acids is 1. The first-order valence-electron chi connectivity index (χ1n) is 7.86. The monoisotopic (exact) mass is 357 g/mol. The van der Waals surface area contributed by atoms with Crippen molar-refractivity contribution in [1.29, 1.82) is 0 Å². The normalized spacial score (nSPS) is 11.8. The zero-order valence-corrected chi connectivity index (χ0v) is 14.4. The van der Waals surface area contributed by atoms with Crippen LogP contribution in [0.4, 0.5) is 16.4 Å². The first-order valence-corrected chi connectivity index (χ1v) is 8.23. The number of urea groups is 1. The average molecular weight is 358 g/mol. The van der Waals surface area contributed by atoms with Gasteiger partial charge in [0.25, 0.3) is 6.20 Å². The number of nitrogens with zero attached hydrogens (tertiary/aromatic N) is 2. The summed E-state index contributed by atoms with van der Waals surface area (Å²) < 4.78 is 6.86. The molecule has 0 bridgehead atoms. The lowest BCUT2D eigenvalue weighted by molar-refractivity contribution is -0.782. The fraction of sp³-hybridized carbons (Fsp3) is 0.167. The van der Waals surface area contributed by atoms with Gasteiger partial charge in [0.15, 0.2) is 6.04 Å². The molecule has 1 atom stereocenters. The predicted molar refractivity (Wildman–Crippen MR) is 95.6 cm³/mol. The molecule has 0 saturated heterocycles. The number of nitrogens with one attached hydrogen (secondary N) is 2. The van der Waals surface area contributed by atoms with E-state index in [2.05, 4.69) is 28.0 Å². The van der Waals surface area contributed by atoms with Gasteiger partial charge >= 0.3 is 11.9 Å². The van der Waals surface area contributed by atoms with Gasteiger partial charge < -0.3 is 5.32 Å². The molecule has 3 aromatic rings. The number of carbonyl (C=O) groups is 1. The summed E-state index contributed by atoms with van der Waals surface area (Å²) in [5.74, 6) is 0.270. The van der Waals surface area contributed by atoms with Gasteiger partial charge in [-0.05, 0) is 34.5 Å². The van der Waals surface area contributed by atoms with Gasteiger partial charge in [0.05, 0.1) is 0 Å². The molecule has 2 aromatic carbocycles. The minimum Gasteiger partial charge on any atom is -0.308 e. The van der Waals surface area contributed by atoms with E-state index in [1.807, 2.05) is 25.1 Å². The highest BCUT2D eigenvalue weighted by Crippen LogP contribution is 2.14. The van der Waals surface area contributed by atoms with Crippen LogP contribution in [0, 0.1) is 0 Å². The number of hydrogen-bond donors (Lipinski definition) is 2. The Hall–Kier alpha value is -2.86. The van der Waals surface area contributed by atoms with Crippen LogP contribution in [0.5, 0.6) is 0 Å². The summed E-state index contributed by atoms with van der Waals surface area (Å²) in [5, 5.41) is 9.87. The molecule has 6 nitrogen and oxygen atoms in total. The minimum atomic E-state index is -0.415. The van der Waals surface area contributed by atoms with E-state index in [1.54, 1.807) is 35.1 Å². The van der Waals surface area contributed by atoms with Crippen molar-refractivity contribution in [1.82, 2.24) is 5.27 Å². The van der Waals surface area contributed by atoms with Crippen molar-refractivity contribution >= 4 is 29.2 Å². The molecule has 7 heteroatoms. The van der Waals surface area contributed by atoms with Gasteiger partial charge in [-0.15, -0.1) is 0 Å². The molecular weight excluding hydrogens is 340 g/mol. The van der Waals surface area contributed by atoms with Gasteiger partial charge in [-0.2, -0.15) is 0 Å². The number of rotatable bonds is 5. The second-order valence-corrected chi connectivity index (χ2v) is 6.11. The summed E-state index contributed by atoms with van der Waals surface area (Å²) in [5.41, 5.74) is 1.84. The van der Waals surface area contributed by atoms with Gasteiger partial charge in [0, 0.05) is 24.1 Å². The van der Waals surface area contributed by atoms with Crippen molar-refractivity contribution in [3.63, 3.8) is 0 Å². The van der Waals surface area contributed by atoms with Crippen molar-refractivity contribution in [2.45, 2.75) is 19.4 Å². The van der Waals surface area contributed by atoms with Crippen LogP contribution >= 0.6 is 11.6 Å². The van der Waals surface area contributed by atoms with E-state index in [-0.39, 0.29) is 11.9 Å². The van der Waals surface area contributed by atoms with Crippen LogP contribution in [0.15, 0.2) is 65.3 Å². The van der Waals surface area contributed by atoms with Crippen molar-refractivity contribution in [2.75, 3.05) is 10.6 Å². The van der Waals surface area contributed by atoms with Crippen LogP contribution < -0.4 is 15.3 Å². The van der Waals surface area contributed by atoms with E-state index in [9.17, 15) is 4.79 Å². The third-order valence-corrected chi connectivity index (χ3v) is 3.90. The predicted octanol–water partition coefficient (Wildman–Crippen LogP) is 4.06. The highest BCUT2D eigenvalue weighted by molar-refractivity contribution is 6.30. The largest absolute Gasteiger partial charge is 0.326 e. The van der Waals surface area contributed by atoms with E-state index in [0.29, 0.717) is 10.7 Å². The summed E-state index contributed by atoms with van der Waals surface area (Å²) in [6, 6.07) is 16.6. The number of hydrogen-bond acceptors (Lipinski definition) is 3. The number of amides is 2. The Balaban J connectivity index is 1.57. The van der Waals surface area contributed by atoms with Crippen LogP contribution in [0.2, 0.25) is 5.02 Å². The van der Waals surface area contributed by atoms with E-state index >= 15 is 0 Å². The van der Waals surface area contributed by atoms with Crippen LogP contribution in [-0.4, -0.2) is 11.3 Å². The van der Waals surface area contributed by atoms with E-state index in [1.165, 1.54) is 5.56 Å². The van der Waals surface area contributed by atoms with Gasteiger partial charge in [0.1, 0.15) is 0 Å². The van der Waals surface area contributed by atoms with Crippen LogP contribution in [0.25, 0.3) is 0 Å². The molecule has 25 heavy (non-hydrogen) atoms. The number of halogens is 1. The van der Waals surface area contributed by atoms with Gasteiger partial charge in [0.2, 0.25) is 5.27 Å². The Morgan fingerprint density at radius 2 is 1.88 bits per heavy atom. The topological polar surface area (TPSA) is 71.0 Å². The lowest BCUT2D eigenvalue weighted by Crippen LogP contribution is -2.40. The molecule has 1 heterocycles. The van der Waals surface area contributed by atoms with Crippen molar-refractivity contribution in [3.05, 3.63) is 71.4 Å². The first-order chi connectivity index (χ1) is 12.1. The highest BCUT2D eigenvalue weighted by atomic mass is 35.5. The molecule has 2 N–H and O–H groups in total. The second kappa shape index (κ2) is 7.81. The summed E-state index contributed by atoms with van der Waals surface area (Å²) in [6.07, 6.45) is 2.48.